The van der Waals surface area contributed by atoms with Gasteiger partial charge in [-0.3, -0.25) is 4.79 Å². The maximum absolute atomic E-state index is 13.2. The summed E-state index contributed by atoms with van der Waals surface area (Å²) in [5.41, 5.74) is 4.08. The van der Waals surface area contributed by atoms with Gasteiger partial charge in [-0.15, -0.1) is 0 Å². The van der Waals surface area contributed by atoms with E-state index in [1.165, 1.54) is 17.3 Å². The summed E-state index contributed by atoms with van der Waals surface area (Å²) in [6.07, 6.45) is 2.50. The predicted octanol–water partition coefficient (Wildman–Crippen LogP) is 5.51. The Morgan fingerprint density at radius 3 is 2.58 bits per heavy atom. The lowest BCUT2D eigenvalue weighted by Gasteiger charge is -2.18. The highest BCUT2D eigenvalue weighted by atomic mass is 35.5. The molecule has 2 aromatic heterocycles. The molecule has 7 nitrogen and oxygen atoms in total. The van der Waals surface area contributed by atoms with Crippen LogP contribution in [0.2, 0.25) is 15.1 Å². The van der Waals surface area contributed by atoms with Gasteiger partial charge in [-0.25, -0.2) is 14.3 Å². The average Bonchev–Trinajstić information content (AvgIpc) is 3.05. The summed E-state index contributed by atoms with van der Waals surface area (Å²) < 4.78 is 3.21. The van der Waals surface area contributed by atoms with Crippen LogP contribution in [-0.4, -0.2) is 25.9 Å². The Balaban J connectivity index is 1.67. The minimum absolute atomic E-state index is 0.180. The van der Waals surface area contributed by atoms with Gasteiger partial charge in [0, 0.05) is 29.5 Å². The molecule has 2 N–H and O–H groups in total. The van der Waals surface area contributed by atoms with Crippen LogP contribution in [0.5, 0.6) is 0 Å². The molecule has 1 aliphatic heterocycles. The smallest absolute Gasteiger partial charge is 0.278 e. The number of hydrogen-bond donors (Lipinski definition) is 2. The van der Waals surface area contributed by atoms with Crippen molar-refractivity contribution in [2.75, 3.05) is 11.9 Å². The van der Waals surface area contributed by atoms with Gasteiger partial charge in [-0.05, 0) is 62.2 Å². The second-order valence-electron chi connectivity index (χ2n) is 8.24. The number of hydrogen-bond acceptors (Lipinski definition) is 5. The zero-order valence-electron chi connectivity index (χ0n) is 18.0. The highest BCUT2D eigenvalue weighted by molar-refractivity contribution is 6.40. The Morgan fingerprint density at radius 2 is 1.85 bits per heavy atom. The second kappa shape index (κ2) is 8.65. The molecule has 0 saturated heterocycles. The van der Waals surface area contributed by atoms with Crippen LogP contribution in [0.15, 0.2) is 41.3 Å². The first-order valence-corrected chi connectivity index (χ1v) is 11.7. The summed E-state index contributed by atoms with van der Waals surface area (Å²) in [4.78, 5) is 22.3. The summed E-state index contributed by atoms with van der Waals surface area (Å²) in [6, 6.07) is 9.21. The van der Waals surface area contributed by atoms with Gasteiger partial charge < -0.3 is 10.6 Å². The number of nitrogens with one attached hydrogen (secondary N) is 2. The van der Waals surface area contributed by atoms with E-state index < -0.39 is 0 Å². The van der Waals surface area contributed by atoms with Crippen molar-refractivity contribution in [1.82, 2.24) is 24.6 Å². The van der Waals surface area contributed by atoms with Crippen molar-refractivity contribution in [2.45, 2.75) is 32.9 Å². The van der Waals surface area contributed by atoms with Crippen molar-refractivity contribution < 1.29 is 0 Å². The molecule has 0 fully saturated rings. The molecule has 3 heterocycles. The van der Waals surface area contributed by atoms with E-state index >= 15 is 0 Å². The molecule has 0 radical (unpaired) electrons. The number of aromatic nitrogens is 4. The van der Waals surface area contributed by atoms with Crippen LogP contribution in [0.4, 0.5) is 11.6 Å². The van der Waals surface area contributed by atoms with Crippen molar-refractivity contribution in [3.63, 3.8) is 0 Å². The quantitative estimate of drug-likeness (QED) is 0.384. The zero-order chi connectivity index (χ0) is 23.3. The third-order valence-electron chi connectivity index (χ3n) is 5.65. The van der Waals surface area contributed by atoms with Gasteiger partial charge >= 0.3 is 0 Å². The monoisotopic (exact) mass is 502 g/mol. The first-order chi connectivity index (χ1) is 15.8. The first-order valence-electron chi connectivity index (χ1n) is 10.6. The highest BCUT2D eigenvalue weighted by Crippen LogP contribution is 2.34. The summed E-state index contributed by atoms with van der Waals surface area (Å²) in [5, 5.41) is 8.04. The molecule has 170 valence electrons. The Kier molecular flexibility index (Phi) is 5.82. The Bertz CT molecular complexity index is 1420. The zero-order valence-corrected chi connectivity index (χ0v) is 20.3. The number of anilines is 2. The number of nitrogens with zero attached hydrogens (tertiary/aromatic N) is 4. The maximum Gasteiger partial charge on any atom is 0.278 e. The molecule has 0 saturated carbocycles. The lowest BCUT2D eigenvalue weighted by atomic mass is 10.0. The maximum atomic E-state index is 13.2. The van der Waals surface area contributed by atoms with Gasteiger partial charge in [0.1, 0.15) is 11.1 Å². The molecular weight excluding hydrogens is 483 g/mol. The van der Waals surface area contributed by atoms with Crippen LogP contribution in [0, 0.1) is 0 Å². The lowest BCUT2D eigenvalue weighted by molar-refractivity contribution is 0.476. The fraction of sp³-hybridized carbons (Fsp3) is 0.261. The first kappa shape index (κ1) is 22.2. The van der Waals surface area contributed by atoms with E-state index in [0.29, 0.717) is 37.7 Å². The SMILES string of the molecule is CC(C)n1c(=O)c2cnc(Nc3ccc4c(c3)CCNC4)nc2n1-c1c(Cl)cc(Cl)cc1Cl. The van der Waals surface area contributed by atoms with Crippen LogP contribution in [0.1, 0.15) is 31.0 Å². The van der Waals surface area contributed by atoms with E-state index in [2.05, 4.69) is 32.7 Å². The standard InChI is InChI=1S/C23H21Cl3N6O/c1-12(2)31-22(33)17-11-28-23(29-16-4-3-14-10-27-6-5-13(14)7-16)30-21(17)32(31)20-18(25)8-15(24)9-19(20)26/h3-4,7-9,11-12,27H,5-6,10H2,1-2H3,(H,28,29,30). The third kappa shape index (κ3) is 3.99. The molecule has 10 heteroatoms. The number of fused-ring (bicyclic) bond motifs is 2. The van der Waals surface area contributed by atoms with Gasteiger partial charge in [0.2, 0.25) is 5.95 Å². The summed E-state index contributed by atoms with van der Waals surface area (Å²) in [6.45, 7) is 5.64. The summed E-state index contributed by atoms with van der Waals surface area (Å²) >= 11 is 19.2. The van der Waals surface area contributed by atoms with Crippen LogP contribution in [0.3, 0.4) is 0 Å². The number of halogens is 3. The molecule has 0 bridgehead atoms. The van der Waals surface area contributed by atoms with Gasteiger partial charge in [0.15, 0.2) is 5.65 Å². The second-order valence-corrected chi connectivity index (χ2v) is 9.49. The van der Waals surface area contributed by atoms with E-state index in [0.717, 1.165) is 25.2 Å². The van der Waals surface area contributed by atoms with Crippen molar-refractivity contribution in [2.24, 2.45) is 0 Å². The van der Waals surface area contributed by atoms with Gasteiger partial charge in [0.05, 0.1) is 10.0 Å². The highest BCUT2D eigenvalue weighted by Gasteiger charge is 2.23. The lowest BCUT2D eigenvalue weighted by Crippen LogP contribution is -2.24. The van der Waals surface area contributed by atoms with E-state index in [1.807, 2.05) is 19.9 Å². The number of rotatable bonds is 4. The summed E-state index contributed by atoms with van der Waals surface area (Å²) in [7, 11) is 0. The molecule has 2 aromatic carbocycles. The van der Waals surface area contributed by atoms with E-state index in [1.54, 1.807) is 21.5 Å². The molecule has 0 unspecified atom stereocenters. The Labute approximate surface area is 205 Å². The number of benzene rings is 2. The van der Waals surface area contributed by atoms with Crippen molar-refractivity contribution in [3.05, 3.63) is 73.1 Å². The topological polar surface area (TPSA) is 76.8 Å². The fourth-order valence-corrected chi connectivity index (χ4v) is 5.14. The van der Waals surface area contributed by atoms with Gasteiger partial charge in [0.25, 0.3) is 5.56 Å². The normalized spacial score (nSPS) is 13.5. The molecule has 0 aliphatic carbocycles. The minimum atomic E-state index is -0.227. The van der Waals surface area contributed by atoms with Crippen LogP contribution in [0.25, 0.3) is 16.7 Å². The average molecular weight is 504 g/mol. The molecule has 33 heavy (non-hydrogen) atoms. The van der Waals surface area contributed by atoms with Gasteiger partial charge in [-0.1, -0.05) is 40.9 Å². The fourth-order valence-electron chi connectivity index (χ4n) is 4.16. The molecule has 0 atom stereocenters. The largest absolute Gasteiger partial charge is 0.324 e. The molecule has 0 amide bonds. The van der Waals surface area contributed by atoms with Crippen molar-refractivity contribution >= 4 is 57.5 Å². The van der Waals surface area contributed by atoms with E-state index in [9.17, 15) is 4.79 Å². The van der Waals surface area contributed by atoms with E-state index in [4.69, 9.17) is 34.8 Å². The molecule has 0 spiro atoms. The van der Waals surface area contributed by atoms with E-state index in [-0.39, 0.29) is 11.6 Å². The molecule has 1 aliphatic rings. The predicted molar refractivity (Wildman–Crippen MR) is 134 cm³/mol. The van der Waals surface area contributed by atoms with Gasteiger partial charge in [-0.2, -0.15) is 4.98 Å². The third-order valence-corrected chi connectivity index (χ3v) is 6.45. The van der Waals surface area contributed by atoms with Crippen LogP contribution < -0.4 is 16.2 Å². The molecular formula is C23H21Cl3N6O. The molecule has 5 rings (SSSR count). The minimum Gasteiger partial charge on any atom is -0.324 e. The molecule has 4 aromatic rings. The van der Waals surface area contributed by atoms with Crippen LogP contribution >= 0.6 is 34.8 Å². The Hall–Kier alpha value is -2.58. The van der Waals surface area contributed by atoms with Crippen LogP contribution in [-0.2, 0) is 13.0 Å². The van der Waals surface area contributed by atoms with Crippen molar-refractivity contribution in [3.8, 4) is 5.69 Å². The summed E-state index contributed by atoms with van der Waals surface area (Å²) in [5.74, 6) is 0.368. The Morgan fingerprint density at radius 1 is 1.09 bits per heavy atom. The van der Waals surface area contributed by atoms with Crippen molar-refractivity contribution in [1.29, 1.82) is 0 Å².